The van der Waals surface area contributed by atoms with E-state index in [1.807, 2.05) is 0 Å². The van der Waals surface area contributed by atoms with E-state index in [2.05, 4.69) is 15.0 Å². The molecule has 0 spiro atoms. The summed E-state index contributed by atoms with van der Waals surface area (Å²) in [6.07, 6.45) is 2.81. The first-order valence-corrected chi connectivity index (χ1v) is 3.65. The molecule has 2 heterocycles. The van der Waals surface area contributed by atoms with Gasteiger partial charge in [-0.05, 0) is 6.07 Å². The zero-order valence-corrected chi connectivity index (χ0v) is 6.67. The van der Waals surface area contributed by atoms with Crippen LogP contribution >= 0.6 is 11.6 Å². The van der Waals surface area contributed by atoms with Gasteiger partial charge in [0.15, 0.2) is 5.65 Å². The highest BCUT2D eigenvalue weighted by atomic mass is 35.5. The molecule has 0 amide bonds. The summed E-state index contributed by atoms with van der Waals surface area (Å²) >= 11 is 5.76. The fraction of sp³-hybridized carbons (Fsp3) is 0. The Hall–Kier alpha value is -1.42. The van der Waals surface area contributed by atoms with Crippen LogP contribution in [0, 0.1) is 0 Å². The summed E-state index contributed by atoms with van der Waals surface area (Å²) in [6.45, 7) is 0. The Kier molecular flexibility index (Phi) is 1.55. The van der Waals surface area contributed by atoms with E-state index in [0.29, 0.717) is 16.1 Å². The first-order chi connectivity index (χ1) is 5.79. The second-order valence-corrected chi connectivity index (χ2v) is 2.63. The Morgan fingerprint density at radius 2 is 2.25 bits per heavy atom. The lowest BCUT2D eigenvalue weighted by Crippen LogP contribution is -2.07. The van der Waals surface area contributed by atoms with Gasteiger partial charge in [0.05, 0.1) is 11.3 Å². The lowest BCUT2D eigenvalue weighted by Gasteiger charge is -1.94. The average Bonchev–Trinajstić information content (AvgIpc) is 2.04. The van der Waals surface area contributed by atoms with Gasteiger partial charge in [0, 0.05) is 6.20 Å². The molecule has 0 saturated heterocycles. The second-order valence-electron chi connectivity index (χ2n) is 2.22. The minimum Gasteiger partial charge on any atom is -0.312 e. The summed E-state index contributed by atoms with van der Waals surface area (Å²) in [6, 6.07) is 1.56. The molecule has 0 bridgehead atoms. The molecule has 0 fully saturated rings. The van der Waals surface area contributed by atoms with Gasteiger partial charge in [0.1, 0.15) is 5.39 Å². The molecule has 0 unspecified atom stereocenters. The molecule has 2 aromatic rings. The highest BCUT2D eigenvalue weighted by molar-refractivity contribution is 6.35. The number of nitrogens with zero attached hydrogens (tertiary/aromatic N) is 2. The number of hydrogen-bond donors (Lipinski definition) is 1. The molecular weight excluding hydrogens is 178 g/mol. The molecule has 2 rings (SSSR count). The molecule has 0 aromatic carbocycles. The van der Waals surface area contributed by atoms with Crippen LogP contribution in [0.5, 0.6) is 0 Å². The van der Waals surface area contributed by atoms with Crippen molar-refractivity contribution in [2.24, 2.45) is 0 Å². The lowest BCUT2D eigenvalue weighted by atomic mass is 10.3. The third-order valence-electron chi connectivity index (χ3n) is 1.49. The molecule has 1 N–H and O–H groups in total. The molecular formula is C7H4ClN3O. The zero-order chi connectivity index (χ0) is 8.55. The predicted octanol–water partition coefficient (Wildman–Crippen LogP) is 0.972. The molecule has 0 aliphatic carbocycles. The number of hydrogen-bond acceptors (Lipinski definition) is 3. The van der Waals surface area contributed by atoms with Crippen molar-refractivity contribution in [1.29, 1.82) is 0 Å². The number of aromatic amines is 1. The van der Waals surface area contributed by atoms with Crippen molar-refractivity contribution in [3.05, 3.63) is 34.0 Å². The Morgan fingerprint density at radius 1 is 1.42 bits per heavy atom. The molecule has 0 radical (unpaired) electrons. The maximum Gasteiger partial charge on any atom is 0.261 e. The van der Waals surface area contributed by atoms with Gasteiger partial charge in [0.25, 0.3) is 5.56 Å². The first-order valence-electron chi connectivity index (χ1n) is 3.27. The van der Waals surface area contributed by atoms with Gasteiger partial charge in [0.2, 0.25) is 0 Å². The van der Waals surface area contributed by atoms with E-state index in [0.717, 1.165) is 0 Å². The standard InChI is InChI=1S/C7H4ClN3O/c8-4-1-2-9-6-5(4)7(12)11-3-10-6/h1-3H,(H,9,10,11,12). The van der Waals surface area contributed by atoms with Crippen molar-refractivity contribution in [3.63, 3.8) is 0 Å². The normalized spacial score (nSPS) is 10.4. The lowest BCUT2D eigenvalue weighted by molar-refractivity contribution is 1.14. The fourth-order valence-electron chi connectivity index (χ4n) is 0.960. The number of rotatable bonds is 0. The summed E-state index contributed by atoms with van der Waals surface area (Å²) in [5.74, 6) is 0. The molecule has 0 aliphatic heterocycles. The third-order valence-corrected chi connectivity index (χ3v) is 1.80. The van der Waals surface area contributed by atoms with Gasteiger partial charge in [-0.1, -0.05) is 11.6 Å². The van der Waals surface area contributed by atoms with Crippen LogP contribution in [0.15, 0.2) is 23.4 Å². The quantitative estimate of drug-likeness (QED) is 0.659. The molecule has 0 aliphatic rings. The van der Waals surface area contributed by atoms with E-state index in [4.69, 9.17) is 11.6 Å². The van der Waals surface area contributed by atoms with Crippen LogP contribution in [0.1, 0.15) is 0 Å². The van der Waals surface area contributed by atoms with E-state index in [1.54, 1.807) is 6.07 Å². The van der Waals surface area contributed by atoms with Crippen molar-refractivity contribution in [2.45, 2.75) is 0 Å². The van der Waals surface area contributed by atoms with Gasteiger partial charge in [-0.3, -0.25) is 4.79 Å². The maximum absolute atomic E-state index is 11.2. The van der Waals surface area contributed by atoms with Crippen LogP contribution in [-0.2, 0) is 0 Å². The number of H-pyrrole nitrogens is 1. The van der Waals surface area contributed by atoms with Crippen molar-refractivity contribution < 1.29 is 0 Å². The van der Waals surface area contributed by atoms with Crippen LogP contribution in [0.3, 0.4) is 0 Å². The summed E-state index contributed by atoms with van der Waals surface area (Å²) in [5.41, 5.74) is 0.101. The SMILES string of the molecule is O=c1[nH]cnc2nccc(Cl)c12. The number of pyridine rings is 1. The van der Waals surface area contributed by atoms with E-state index < -0.39 is 0 Å². The largest absolute Gasteiger partial charge is 0.312 e. The summed E-state index contributed by atoms with van der Waals surface area (Å²) in [4.78, 5) is 21.3. The zero-order valence-electron chi connectivity index (χ0n) is 5.91. The van der Waals surface area contributed by atoms with Crippen LogP contribution in [0.4, 0.5) is 0 Å². The summed E-state index contributed by atoms with van der Waals surface area (Å²) in [7, 11) is 0. The average molecular weight is 182 g/mol. The van der Waals surface area contributed by atoms with Gasteiger partial charge in [-0.25, -0.2) is 9.97 Å². The number of aromatic nitrogens is 3. The minimum absolute atomic E-state index is 0.266. The predicted molar refractivity (Wildman–Crippen MR) is 45.2 cm³/mol. The van der Waals surface area contributed by atoms with Gasteiger partial charge >= 0.3 is 0 Å². The van der Waals surface area contributed by atoms with E-state index in [-0.39, 0.29) is 5.56 Å². The Morgan fingerprint density at radius 3 is 3.00 bits per heavy atom. The highest BCUT2D eigenvalue weighted by Gasteiger charge is 2.03. The van der Waals surface area contributed by atoms with Crippen LogP contribution in [-0.4, -0.2) is 15.0 Å². The second kappa shape index (κ2) is 2.57. The number of halogens is 1. The van der Waals surface area contributed by atoms with Gasteiger partial charge < -0.3 is 4.98 Å². The molecule has 0 saturated carbocycles. The maximum atomic E-state index is 11.2. The Balaban J connectivity index is 3.07. The van der Waals surface area contributed by atoms with Gasteiger partial charge in [-0.15, -0.1) is 0 Å². The van der Waals surface area contributed by atoms with Crippen molar-refractivity contribution >= 4 is 22.6 Å². The molecule has 60 valence electrons. The van der Waals surface area contributed by atoms with Crippen molar-refractivity contribution in [1.82, 2.24) is 15.0 Å². The molecule has 0 atom stereocenters. The Bertz CT molecular complexity index is 474. The Labute approximate surface area is 72.2 Å². The number of nitrogens with one attached hydrogen (secondary N) is 1. The minimum atomic E-state index is -0.266. The van der Waals surface area contributed by atoms with E-state index in [9.17, 15) is 4.79 Å². The van der Waals surface area contributed by atoms with Gasteiger partial charge in [-0.2, -0.15) is 0 Å². The number of fused-ring (bicyclic) bond motifs is 1. The summed E-state index contributed by atoms with van der Waals surface area (Å²) < 4.78 is 0. The molecule has 5 heteroatoms. The molecule has 2 aromatic heterocycles. The first kappa shape index (κ1) is 7.24. The molecule has 4 nitrogen and oxygen atoms in total. The van der Waals surface area contributed by atoms with E-state index in [1.165, 1.54) is 12.5 Å². The summed E-state index contributed by atoms with van der Waals surface area (Å²) in [5, 5.41) is 0.705. The van der Waals surface area contributed by atoms with E-state index >= 15 is 0 Å². The van der Waals surface area contributed by atoms with Crippen LogP contribution in [0.25, 0.3) is 11.0 Å². The smallest absolute Gasteiger partial charge is 0.261 e. The highest BCUT2D eigenvalue weighted by Crippen LogP contribution is 2.14. The van der Waals surface area contributed by atoms with Crippen LogP contribution in [0.2, 0.25) is 5.02 Å². The van der Waals surface area contributed by atoms with Crippen molar-refractivity contribution in [2.75, 3.05) is 0 Å². The third kappa shape index (κ3) is 0.967. The monoisotopic (exact) mass is 181 g/mol. The molecule has 12 heavy (non-hydrogen) atoms. The van der Waals surface area contributed by atoms with Crippen molar-refractivity contribution in [3.8, 4) is 0 Å². The topological polar surface area (TPSA) is 58.6 Å². The fourth-order valence-corrected chi connectivity index (χ4v) is 1.19. The van der Waals surface area contributed by atoms with Crippen LogP contribution < -0.4 is 5.56 Å².